The zero-order valence-electron chi connectivity index (χ0n) is 14.5. The molecule has 2 heterocycles. The Morgan fingerprint density at radius 3 is 2.81 bits per heavy atom. The van der Waals surface area contributed by atoms with Crippen molar-refractivity contribution in [3.8, 4) is 0 Å². The third-order valence-electron chi connectivity index (χ3n) is 4.32. The number of fused-ring (bicyclic) bond motifs is 2. The summed E-state index contributed by atoms with van der Waals surface area (Å²) >= 11 is 3.35. The summed E-state index contributed by atoms with van der Waals surface area (Å²) in [4.78, 5) is 33.9. The SMILES string of the molecule is CCn1c(NC(=O)Cn2cnc3ccc(Br)cc3c2=O)nc2ccccc21. The lowest BCUT2D eigenvalue weighted by Gasteiger charge is -2.09. The van der Waals surface area contributed by atoms with Gasteiger partial charge < -0.3 is 4.57 Å². The molecule has 2 aromatic carbocycles. The van der Waals surface area contributed by atoms with Gasteiger partial charge in [-0.15, -0.1) is 0 Å². The highest BCUT2D eigenvalue weighted by molar-refractivity contribution is 9.10. The average Bonchev–Trinajstić information content (AvgIpc) is 3.01. The van der Waals surface area contributed by atoms with Gasteiger partial charge in [-0.05, 0) is 37.3 Å². The van der Waals surface area contributed by atoms with E-state index in [1.165, 1.54) is 10.9 Å². The zero-order valence-corrected chi connectivity index (χ0v) is 16.1. The molecule has 27 heavy (non-hydrogen) atoms. The Hall–Kier alpha value is -3.00. The number of hydrogen-bond acceptors (Lipinski definition) is 4. The van der Waals surface area contributed by atoms with Crippen molar-refractivity contribution in [2.24, 2.45) is 0 Å². The molecule has 0 saturated heterocycles. The van der Waals surface area contributed by atoms with Crippen LogP contribution in [0.3, 0.4) is 0 Å². The third-order valence-corrected chi connectivity index (χ3v) is 4.82. The number of carbonyl (C=O) groups is 1. The van der Waals surface area contributed by atoms with Gasteiger partial charge in [0.25, 0.3) is 5.56 Å². The van der Waals surface area contributed by atoms with Crippen LogP contribution in [0.2, 0.25) is 0 Å². The number of carbonyl (C=O) groups excluding carboxylic acids is 1. The Morgan fingerprint density at radius 2 is 2.00 bits per heavy atom. The van der Waals surface area contributed by atoms with Gasteiger partial charge in [-0.1, -0.05) is 28.1 Å². The highest BCUT2D eigenvalue weighted by Gasteiger charge is 2.14. The number of para-hydroxylation sites is 2. The van der Waals surface area contributed by atoms with E-state index in [1.54, 1.807) is 12.1 Å². The maximum absolute atomic E-state index is 12.6. The summed E-state index contributed by atoms with van der Waals surface area (Å²) in [6, 6.07) is 13.0. The van der Waals surface area contributed by atoms with Crippen molar-refractivity contribution in [2.75, 3.05) is 5.32 Å². The number of aryl methyl sites for hydroxylation is 1. The molecule has 0 bridgehead atoms. The minimum atomic E-state index is -0.335. The number of amides is 1. The number of nitrogens with one attached hydrogen (secondary N) is 1. The van der Waals surface area contributed by atoms with Gasteiger partial charge in [0.2, 0.25) is 11.9 Å². The van der Waals surface area contributed by atoms with Crippen molar-refractivity contribution in [3.05, 3.63) is 63.6 Å². The van der Waals surface area contributed by atoms with Gasteiger partial charge in [0.1, 0.15) is 6.54 Å². The van der Waals surface area contributed by atoms with Crippen molar-refractivity contribution in [2.45, 2.75) is 20.0 Å². The summed E-state index contributed by atoms with van der Waals surface area (Å²) < 4.78 is 4.00. The predicted octanol–water partition coefficient (Wildman–Crippen LogP) is 3.17. The van der Waals surface area contributed by atoms with E-state index in [2.05, 4.69) is 31.2 Å². The molecule has 0 saturated carbocycles. The van der Waals surface area contributed by atoms with Crippen LogP contribution < -0.4 is 10.9 Å². The first kappa shape index (κ1) is 17.4. The smallest absolute Gasteiger partial charge is 0.261 e. The topological polar surface area (TPSA) is 81.8 Å². The lowest BCUT2D eigenvalue weighted by atomic mass is 10.2. The molecule has 4 aromatic rings. The van der Waals surface area contributed by atoms with Crippen molar-refractivity contribution in [3.63, 3.8) is 0 Å². The third kappa shape index (κ3) is 3.23. The fraction of sp³-hybridized carbons (Fsp3) is 0.158. The van der Waals surface area contributed by atoms with E-state index < -0.39 is 0 Å². The molecule has 0 aliphatic heterocycles. The van der Waals surface area contributed by atoms with Crippen molar-refractivity contribution < 1.29 is 4.79 Å². The van der Waals surface area contributed by atoms with E-state index >= 15 is 0 Å². The normalized spacial score (nSPS) is 11.2. The van der Waals surface area contributed by atoms with Gasteiger partial charge in [0.15, 0.2) is 0 Å². The molecular weight excluding hydrogens is 410 g/mol. The quantitative estimate of drug-likeness (QED) is 0.544. The Morgan fingerprint density at radius 1 is 1.19 bits per heavy atom. The number of benzene rings is 2. The maximum atomic E-state index is 12.6. The molecule has 0 atom stereocenters. The predicted molar refractivity (Wildman–Crippen MR) is 108 cm³/mol. The van der Waals surface area contributed by atoms with Crippen molar-refractivity contribution >= 4 is 49.7 Å². The first-order valence-corrected chi connectivity index (χ1v) is 9.26. The van der Waals surface area contributed by atoms with Crippen LogP contribution in [-0.2, 0) is 17.9 Å². The van der Waals surface area contributed by atoms with Crippen LogP contribution in [0.4, 0.5) is 5.95 Å². The summed E-state index contributed by atoms with van der Waals surface area (Å²) in [5.74, 6) is 0.131. The van der Waals surface area contributed by atoms with E-state index in [-0.39, 0.29) is 18.0 Å². The van der Waals surface area contributed by atoms with Crippen LogP contribution in [0.1, 0.15) is 6.92 Å². The second kappa shape index (κ2) is 6.96. The monoisotopic (exact) mass is 425 g/mol. The molecular formula is C19H16BrN5O2. The number of halogens is 1. The standard InChI is InChI=1S/C19H16BrN5O2/c1-2-25-16-6-4-3-5-15(16)22-19(25)23-17(26)10-24-11-21-14-8-7-12(20)9-13(14)18(24)27/h3-9,11H,2,10H2,1H3,(H,22,23,26). The van der Waals surface area contributed by atoms with Gasteiger partial charge in [0, 0.05) is 11.0 Å². The maximum Gasteiger partial charge on any atom is 0.261 e. The number of aromatic nitrogens is 4. The van der Waals surface area contributed by atoms with Crippen molar-refractivity contribution in [1.82, 2.24) is 19.1 Å². The molecule has 0 fully saturated rings. The summed E-state index contributed by atoms with van der Waals surface area (Å²) in [6.07, 6.45) is 1.39. The van der Waals surface area contributed by atoms with Crippen LogP contribution in [0.25, 0.3) is 21.9 Å². The van der Waals surface area contributed by atoms with Gasteiger partial charge >= 0.3 is 0 Å². The number of nitrogens with zero attached hydrogens (tertiary/aromatic N) is 4. The van der Waals surface area contributed by atoms with Gasteiger partial charge in [-0.25, -0.2) is 9.97 Å². The molecule has 1 N–H and O–H groups in total. The highest BCUT2D eigenvalue weighted by atomic mass is 79.9. The van der Waals surface area contributed by atoms with Crippen LogP contribution in [0, 0.1) is 0 Å². The van der Waals surface area contributed by atoms with Gasteiger partial charge in [-0.2, -0.15) is 0 Å². The van der Waals surface area contributed by atoms with Crippen LogP contribution in [0.15, 0.2) is 58.1 Å². The van der Waals surface area contributed by atoms with E-state index in [1.807, 2.05) is 41.8 Å². The van der Waals surface area contributed by atoms with Gasteiger partial charge in [-0.3, -0.25) is 19.5 Å². The van der Waals surface area contributed by atoms with E-state index in [4.69, 9.17) is 0 Å². The molecule has 2 aromatic heterocycles. The number of imidazole rings is 1. The molecule has 7 nitrogen and oxygen atoms in total. The average molecular weight is 426 g/mol. The molecule has 0 spiro atoms. The second-order valence-corrected chi connectivity index (χ2v) is 6.97. The lowest BCUT2D eigenvalue weighted by molar-refractivity contribution is -0.116. The number of rotatable bonds is 4. The summed E-state index contributed by atoms with van der Waals surface area (Å²) in [6.45, 7) is 2.52. The largest absolute Gasteiger partial charge is 0.310 e. The van der Waals surface area contributed by atoms with Crippen LogP contribution >= 0.6 is 15.9 Å². The highest BCUT2D eigenvalue weighted by Crippen LogP contribution is 2.19. The summed E-state index contributed by atoms with van der Waals surface area (Å²) in [7, 11) is 0. The molecule has 8 heteroatoms. The fourth-order valence-corrected chi connectivity index (χ4v) is 3.41. The molecule has 1 amide bonds. The molecule has 0 unspecified atom stereocenters. The summed E-state index contributed by atoms with van der Waals surface area (Å²) in [5, 5.41) is 3.26. The lowest BCUT2D eigenvalue weighted by Crippen LogP contribution is -2.28. The van der Waals surface area contributed by atoms with E-state index in [0.29, 0.717) is 23.4 Å². The number of anilines is 1. The minimum absolute atomic E-state index is 0.138. The minimum Gasteiger partial charge on any atom is -0.310 e. The molecule has 4 rings (SSSR count). The molecule has 0 aliphatic carbocycles. The summed E-state index contributed by atoms with van der Waals surface area (Å²) in [5.41, 5.74) is 2.09. The van der Waals surface area contributed by atoms with Crippen LogP contribution in [0.5, 0.6) is 0 Å². The number of hydrogen-bond donors (Lipinski definition) is 1. The Labute approximate surface area is 162 Å². The van der Waals surface area contributed by atoms with Crippen molar-refractivity contribution in [1.29, 1.82) is 0 Å². The Bertz CT molecular complexity index is 1230. The molecule has 0 aliphatic rings. The zero-order chi connectivity index (χ0) is 19.0. The van der Waals surface area contributed by atoms with Gasteiger partial charge in [0.05, 0.1) is 28.3 Å². The second-order valence-electron chi connectivity index (χ2n) is 6.06. The molecule has 0 radical (unpaired) electrons. The van der Waals surface area contributed by atoms with E-state index in [0.717, 1.165) is 15.5 Å². The fourth-order valence-electron chi connectivity index (χ4n) is 3.05. The first-order valence-electron chi connectivity index (χ1n) is 8.46. The van der Waals surface area contributed by atoms with E-state index in [9.17, 15) is 9.59 Å². The first-order chi connectivity index (χ1) is 13.1. The molecule has 136 valence electrons. The van der Waals surface area contributed by atoms with Crippen LogP contribution in [-0.4, -0.2) is 25.0 Å². The Kier molecular flexibility index (Phi) is 4.49. The Balaban J connectivity index is 1.63.